The van der Waals surface area contributed by atoms with Gasteiger partial charge in [0.05, 0.1) is 0 Å². The highest BCUT2D eigenvalue weighted by Crippen LogP contribution is 2.19. The molecule has 0 amide bonds. The summed E-state index contributed by atoms with van der Waals surface area (Å²) >= 11 is 0. The minimum atomic E-state index is -4.88. The summed E-state index contributed by atoms with van der Waals surface area (Å²) in [6.45, 7) is 2.06. The summed E-state index contributed by atoms with van der Waals surface area (Å²) in [5, 5.41) is 0. The minimum Gasteiger partial charge on any atom is -0.445 e. The normalized spacial score (nSPS) is 14.5. The highest BCUT2D eigenvalue weighted by molar-refractivity contribution is 6.66. The zero-order valence-corrected chi connectivity index (χ0v) is 9.06. The average molecular weight is 208 g/mol. The predicted octanol–water partition coefficient (Wildman–Crippen LogP) is 3.05. The third kappa shape index (κ3) is 4.70. The molecular weight excluding hydrogens is 190 g/mol. The van der Waals surface area contributed by atoms with Crippen molar-refractivity contribution in [1.29, 1.82) is 0 Å². The standard InChI is InChI=1S/C9H18BF3N/c1-5-6-9(3)14(4)7-8(2)10(11,12)13/h9H,2,5-7H2,1,3-4H3/q-1. The lowest BCUT2D eigenvalue weighted by Gasteiger charge is -2.28. The van der Waals surface area contributed by atoms with Gasteiger partial charge in [-0.05, 0) is 26.9 Å². The molecule has 0 aromatic rings. The fraction of sp³-hybridized carbons (Fsp3) is 0.778. The summed E-state index contributed by atoms with van der Waals surface area (Å²) < 4.78 is 36.6. The molecule has 14 heavy (non-hydrogen) atoms. The lowest BCUT2D eigenvalue weighted by Crippen LogP contribution is -2.35. The van der Waals surface area contributed by atoms with Crippen LogP contribution in [-0.2, 0) is 0 Å². The number of likely N-dealkylation sites (N-methyl/N-ethyl adjacent to an activating group) is 1. The Labute approximate surface area is 84.0 Å². The molecule has 0 N–H and O–H groups in total. The first-order valence-corrected chi connectivity index (χ1v) is 4.86. The number of hydrogen-bond acceptors (Lipinski definition) is 1. The second kappa shape index (κ2) is 5.44. The monoisotopic (exact) mass is 208 g/mol. The van der Waals surface area contributed by atoms with E-state index in [0.717, 1.165) is 12.8 Å². The van der Waals surface area contributed by atoms with Gasteiger partial charge in [0.1, 0.15) is 0 Å². The molecular formula is C9H18BF3N-. The number of rotatable bonds is 6. The van der Waals surface area contributed by atoms with Crippen molar-refractivity contribution < 1.29 is 12.9 Å². The van der Waals surface area contributed by atoms with Crippen molar-refractivity contribution in [3.8, 4) is 0 Å². The molecule has 1 unspecified atom stereocenters. The molecule has 0 radical (unpaired) electrons. The third-order valence-corrected chi connectivity index (χ3v) is 2.37. The number of nitrogens with zero attached hydrogens (tertiary/aromatic N) is 1. The van der Waals surface area contributed by atoms with Crippen LogP contribution < -0.4 is 0 Å². The average Bonchev–Trinajstić information content (AvgIpc) is 2.02. The maximum Gasteiger partial charge on any atom is 0.506 e. The van der Waals surface area contributed by atoms with E-state index < -0.39 is 12.4 Å². The maximum absolute atomic E-state index is 12.2. The van der Waals surface area contributed by atoms with E-state index >= 15 is 0 Å². The number of halogens is 3. The lowest BCUT2D eigenvalue weighted by molar-refractivity contribution is 0.263. The summed E-state index contributed by atoms with van der Waals surface area (Å²) in [6.07, 6.45) is 1.89. The Hall–Kier alpha value is -0.445. The first-order valence-electron chi connectivity index (χ1n) is 4.86. The molecule has 0 saturated heterocycles. The van der Waals surface area contributed by atoms with E-state index in [1.54, 1.807) is 11.9 Å². The zero-order chi connectivity index (χ0) is 11.4. The molecule has 0 fully saturated rings. The van der Waals surface area contributed by atoms with Gasteiger partial charge in [-0.1, -0.05) is 13.3 Å². The Bertz CT molecular complexity index is 191. The molecule has 1 atom stereocenters. The molecule has 1 nitrogen and oxygen atoms in total. The molecule has 0 heterocycles. The van der Waals surface area contributed by atoms with Crippen LogP contribution >= 0.6 is 0 Å². The molecule has 84 valence electrons. The highest BCUT2D eigenvalue weighted by Gasteiger charge is 2.27. The predicted molar refractivity (Wildman–Crippen MR) is 55.2 cm³/mol. The van der Waals surface area contributed by atoms with Gasteiger partial charge in [0.2, 0.25) is 0 Å². The summed E-state index contributed by atoms with van der Waals surface area (Å²) in [7, 11) is 1.70. The highest BCUT2D eigenvalue weighted by atomic mass is 19.4. The molecule has 0 aliphatic rings. The van der Waals surface area contributed by atoms with Crippen LogP contribution in [0.4, 0.5) is 12.9 Å². The van der Waals surface area contributed by atoms with E-state index in [1.807, 2.05) is 13.8 Å². The van der Waals surface area contributed by atoms with E-state index in [-0.39, 0.29) is 12.6 Å². The van der Waals surface area contributed by atoms with Crippen LogP contribution in [0.2, 0.25) is 0 Å². The van der Waals surface area contributed by atoms with Crippen LogP contribution in [0, 0.1) is 0 Å². The molecule has 0 bridgehead atoms. The first kappa shape index (κ1) is 13.6. The van der Waals surface area contributed by atoms with Gasteiger partial charge in [-0.15, -0.1) is 12.1 Å². The molecule has 5 heteroatoms. The van der Waals surface area contributed by atoms with Crippen LogP contribution in [0.25, 0.3) is 0 Å². The van der Waals surface area contributed by atoms with Crippen molar-refractivity contribution in [1.82, 2.24) is 4.90 Å². The Morgan fingerprint density at radius 1 is 1.43 bits per heavy atom. The van der Waals surface area contributed by atoms with E-state index in [9.17, 15) is 12.9 Å². The first-order chi connectivity index (χ1) is 6.29. The Kier molecular flexibility index (Phi) is 5.27. The quantitative estimate of drug-likeness (QED) is 0.606. The molecule has 0 aromatic heterocycles. The van der Waals surface area contributed by atoms with E-state index in [4.69, 9.17) is 0 Å². The summed E-state index contributed by atoms with van der Waals surface area (Å²) in [6, 6.07) is 0.176. The molecule has 0 aromatic carbocycles. The van der Waals surface area contributed by atoms with Gasteiger partial charge in [-0.3, -0.25) is 0 Å². The molecule has 0 spiro atoms. The second-order valence-corrected chi connectivity index (χ2v) is 3.79. The van der Waals surface area contributed by atoms with Crippen molar-refractivity contribution in [3.05, 3.63) is 12.1 Å². The SMILES string of the molecule is C=C(CN(C)C(C)CCC)[B-](F)(F)F. The molecule has 0 aliphatic heterocycles. The fourth-order valence-corrected chi connectivity index (χ4v) is 1.22. The van der Waals surface area contributed by atoms with Crippen molar-refractivity contribution in [2.24, 2.45) is 0 Å². The Balaban J connectivity index is 4.06. The largest absolute Gasteiger partial charge is 0.506 e. The molecule has 0 rings (SSSR count). The molecule has 0 aliphatic carbocycles. The van der Waals surface area contributed by atoms with Crippen LogP contribution in [0.15, 0.2) is 12.1 Å². The van der Waals surface area contributed by atoms with E-state index in [2.05, 4.69) is 6.58 Å². The van der Waals surface area contributed by atoms with Crippen molar-refractivity contribution in [2.75, 3.05) is 13.6 Å². The Morgan fingerprint density at radius 3 is 2.29 bits per heavy atom. The maximum atomic E-state index is 12.2. The van der Waals surface area contributed by atoms with E-state index in [1.165, 1.54) is 0 Å². The van der Waals surface area contributed by atoms with Gasteiger partial charge >= 0.3 is 6.98 Å². The summed E-state index contributed by atoms with van der Waals surface area (Å²) in [5.41, 5.74) is -0.615. The molecule has 0 saturated carbocycles. The number of hydrogen-bond donors (Lipinski definition) is 0. The topological polar surface area (TPSA) is 3.24 Å². The fourth-order valence-electron chi connectivity index (χ4n) is 1.22. The van der Waals surface area contributed by atoms with Gasteiger partial charge < -0.3 is 17.8 Å². The summed E-state index contributed by atoms with van der Waals surface area (Å²) in [5.74, 6) is 0. The second-order valence-electron chi connectivity index (χ2n) is 3.79. The lowest BCUT2D eigenvalue weighted by atomic mass is 9.80. The smallest absolute Gasteiger partial charge is 0.445 e. The van der Waals surface area contributed by atoms with Crippen LogP contribution in [0.3, 0.4) is 0 Å². The summed E-state index contributed by atoms with van der Waals surface area (Å²) in [4.78, 5) is 1.70. The van der Waals surface area contributed by atoms with Crippen molar-refractivity contribution in [3.63, 3.8) is 0 Å². The van der Waals surface area contributed by atoms with Crippen LogP contribution in [0.1, 0.15) is 26.7 Å². The van der Waals surface area contributed by atoms with Gasteiger partial charge in [0.15, 0.2) is 0 Å². The minimum absolute atomic E-state index is 0.0787. The van der Waals surface area contributed by atoms with Gasteiger partial charge in [-0.25, -0.2) is 0 Å². The van der Waals surface area contributed by atoms with Crippen molar-refractivity contribution >= 4 is 6.98 Å². The van der Waals surface area contributed by atoms with Gasteiger partial charge in [0.25, 0.3) is 0 Å². The van der Waals surface area contributed by atoms with Crippen LogP contribution in [-0.4, -0.2) is 31.5 Å². The van der Waals surface area contributed by atoms with Gasteiger partial charge in [0, 0.05) is 6.04 Å². The Morgan fingerprint density at radius 2 is 1.93 bits per heavy atom. The van der Waals surface area contributed by atoms with Gasteiger partial charge in [-0.2, -0.15) is 0 Å². The van der Waals surface area contributed by atoms with E-state index in [0.29, 0.717) is 0 Å². The van der Waals surface area contributed by atoms with Crippen LogP contribution in [0.5, 0.6) is 0 Å². The van der Waals surface area contributed by atoms with Crippen molar-refractivity contribution in [2.45, 2.75) is 32.7 Å². The zero-order valence-electron chi connectivity index (χ0n) is 9.06. The third-order valence-electron chi connectivity index (χ3n) is 2.37.